The van der Waals surface area contributed by atoms with Crippen molar-refractivity contribution in [3.05, 3.63) is 55.0 Å². The summed E-state index contributed by atoms with van der Waals surface area (Å²) in [6, 6.07) is 5.68. The first kappa shape index (κ1) is 65.4. The molecule has 1 saturated heterocycles. The van der Waals surface area contributed by atoms with Crippen molar-refractivity contribution in [2.45, 2.75) is 181 Å². The van der Waals surface area contributed by atoms with E-state index in [0.717, 1.165) is 10.5 Å². The molecule has 20 nitrogen and oxygen atoms in total. The maximum Gasteiger partial charge on any atom is 0.332 e. The highest BCUT2D eigenvalue weighted by Gasteiger charge is 2.44. The van der Waals surface area contributed by atoms with E-state index < -0.39 is 71.7 Å². The minimum absolute atomic E-state index is 0.0705. The first-order valence-electron chi connectivity index (χ1n) is 27.4. The van der Waals surface area contributed by atoms with Crippen LogP contribution in [0.1, 0.15) is 132 Å². The first-order valence-corrected chi connectivity index (χ1v) is 27.4. The Hall–Kier alpha value is -5.86. The number of benzene rings is 1. The molecule has 430 valence electrons. The maximum absolute atomic E-state index is 14.7. The number of unbranched alkanes of at least 4 members (excludes halogenated alkanes) is 2. The molecule has 8 amide bonds. The number of amides is 8. The molecular formula is C57H91N8O12+. The van der Waals surface area contributed by atoms with E-state index in [-0.39, 0.29) is 85.4 Å². The molecule has 0 radical (unpaired) electrons. The van der Waals surface area contributed by atoms with E-state index in [1.165, 1.54) is 26.4 Å². The number of ether oxygens (including phenoxy) is 3. The molecule has 20 heteroatoms. The van der Waals surface area contributed by atoms with Crippen molar-refractivity contribution in [1.82, 2.24) is 41.1 Å². The van der Waals surface area contributed by atoms with Crippen LogP contribution in [0.3, 0.4) is 0 Å². The molecule has 2 aliphatic rings. The molecule has 1 aromatic carbocycles. The predicted molar refractivity (Wildman–Crippen MR) is 292 cm³/mol. The van der Waals surface area contributed by atoms with Gasteiger partial charge in [-0.25, -0.2) is 4.79 Å². The van der Waals surface area contributed by atoms with Crippen LogP contribution in [-0.4, -0.2) is 169 Å². The number of nitrogens with one attached hydrogen (secondary N) is 4. The van der Waals surface area contributed by atoms with Crippen molar-refractivity contribution in [3.8, 4) is 0 Å². The summed E-state index contributed by atoms with van der Waals surface area (Å²) in [6.07, 6.45) is 5.35. The number of likely N-dealkylation sites (tertiary alicyclic amines) is 1. The summed E-state index contributed by atoms with van der Waals surface area (Å²) in [5.74, 6) is -4.79. The SMILES string of the molecule is [CH2+]C(C)(C)OC(=O)C(Cc1ccccc1)NC(=O)C(C)C(OC)C1CCCN1C(=O)CC(OC)C(C(C)CC)N(C)C(=O)C(NC(=O)C(C(C)C)N(C)CCCC(=O)NNC(=O)CCCCCN1C(=O)C=CC1=O)C(C)C. The molecule has 9 unspecified atom stereocenters. The third-order valence-electron chi connectivity index (χ3n) is 14.6. The number of carbonyl (C=O) groups excluding carboxylic acids is 9. The van der Waals surface area contributed by atoms with Crippen LogP contribution in [-0.2, 0) is 63.8 Å². The summed E-state index contributed by atoms with van der Waals surface area (Å²) in [7, 11) is 6.49. The molecule has 4 N–H and O–H groups in total. The summed E-state index contributed by atoms with van der Waals surface area (Å²) >= 11 is 0. The zero-order valence-electron chi connectivity index (χ0n) is 48.2. The molecule has 0 saturated carbocycles. The Kier molecular flexibility index (Phi) is 26.8. The molecule has 2 aliphatic heterocycles. The molecular weight excluding hydrogens is 989 g/mol. The second kappa shape index (κ2) is 31.5. The molecule has 0 aliphatic carbocycles. The highest BCUT2D eigenvalue weighted by Crippen LogP contribution is 2.30. The number of nitrogens with zero attached hydrogens (tertiary/aromatic N) is 4. The number of hydrazine groups is 1. The Morgan fingerprint density at radius 3 is 1.96 bits per heavy atom. The van der Waals surface area contributed by atoms with Crippen molar-refractivity contribution in [2.75, 3.05) is 47.9 Å². The maximum atomic E-state index is 14.7. The normalized spacial score (nSPS) is 17.8. The molecule has 0 spiro atoms. The first-order chi connectivity index (χ1) is 36.3. The van der Waals surface area contributed by atoms with Crippen LogP contribution < -0.4 is 21.5 Å². The quantitative estimate of drug-likeness (QED) is 0.0259. The minimum Gasteiger partial charge on any atom is -0.417 e. The van der Waals surface area contributed by atoms with Crippen LogP contribution in [0.4, 0.5) is 0 Å². The zero-order chi connectivity index (χ0) is 57.7. The molecule has 2 heterocycles. The minimum atomic E-state index is -1.03. The van der Waals surface area contributed by atoms with Crippen molar-refractivity contribution >= 4 is 53.2 Å². The standard InChI is InChI=1S/C57H90N8O12/c1-15-38(6)51(43(75-13)35-48(70)64-33-22-26-42(64)52(76-14)39(7)53(71)58-41(56(74)77-57(8,9)10)34-40-24-18-16-19-25-40)63(12)55(73)49(36(2)3)59-54(72)50(37(4)5)62(11)31-23-28-45(67)61-60-44(66)27-20-17-21-32-65-46(68)29-30-47(65)69/h16,18-19,24-25,29-30,36-39,41-43,49-52H,8,15,17,20-23,26-28,31-35H2,1-7,9-14H3,(H3-,58,59,60,61,66,67,68,69,71,72)/p+1. The number of hydrogen-bond acceptors (Lipinski definition) is 13. The predicted octanol–water partition coefficient (Wildman–Crippen LogP) is 4.30. The van der Waals surface area contributed by atoms with Gasteiger partial charge in [0, 0.05) is 79.6 Å². The Bertz CT molecular complexity index is 2150. The summed E-state index contributed by atoms with van der Waals surface area (Å²) in [4.78, 5) is 126. The second-order valence-corrected chi connectivity index (χ2v) is 22.1. The number of carbonyl (C=O) groups is 9. The van der Waals surface area contributed by atoms with E-state index in [2.05, 4.69) is 28.4 Å². The van der Waals surface area contributed by atoms with E-state index in [1.807, 2.05) is 76.8 Å². The second-order valence-electron chi connectivity index (χ2n) is 22.1. The van der Waals surface area contributed by atoms with Crippen molar-refractivity contribution in [3.63, 3.8) is 0 Å². The van der Waals surface area contributed by atoms with Crippen LogP contribution in [0.15, 0.2) is 42.5 Å². The van der Waals surface area contributed by atoms with E-state index in [9.17, 15) is 43.2 Å². The molecule has 1 aromatic rings. The number of imide groups is 1. The van der Waals surface area contributed by atoms with E-state index >= 15 is 0 Å². The lowest BCUT2D eigenvalue weighted by atomic mass is 9.89. The van der Waals surface area contributed by atoms with Gasteiger partial charge >= 0.3 is 5.97 Å². The van der Waals surface area contributed by atoms with Crippen LogP contribution in [0.25, 0.3) is 0 Å². The average molecular weight is 1080 g/mol. The van der Waals surface area contributed by atoms with Gasteiger partial charge in [0.25, 0.3) is 11.8 Å². The Morgan fingerprint density at radius 1 is 0.805 bits per heavy atom. The number of hydrogen-bond donors (Lipinski definition) is 4. The summed E-state index contributed by atoms with van der Waals surface area (Å²) < 4.78 is 17.7. The lowest BCUT2D eigenvalue weighted by molar-refractivity contribution is -0.157. The van der Waals surface area contributed by atoms with Gasteiger partial charge in [0.15, 0.2) is 0 Å². The Morgan fingerprint density at radius 2 is 1.42 bits per heavy atom. The fourth-order valence-electron chi connectivity index (χ4n) is 10.3. The van der Waals surface area contributed by atoms with Crippen LogP contribution in [0.5, 0.6) is 0 Å². The van der Waals surface area contributed by atoms with Gasteiger partial charge in [-0.3, -0.25) is 59.0 Å². The van der Waals surface area contributed by atoms with Crippen LogP contribution in [0.2, 0.25) is 0 Å². The van der Waals surface area contributed by atoms with Gasteiger partial charge in [-0.2, -0.15) is 0 Å². The van der Waals surface area contributed by atoms with E-state index in [1.54, 1.807) is 44.7 Å². The number of likely N-dealkylation sites (N-methyl/N-ethyl adjacent to an activating group) is 2. The fraction of sp³-hybridized carbons (Fsp3) is 0.684. The largest absolute Gasteiger partial charge is 0.417 e. The van der Waals surface area contributed by atoms with Crippen molar-refractivity contribution in [2.24, 2.45) is 23.7 Å². The number of rotatable bonds is 32. The summed E-state index contributed by atoms with van der Waals surface area (Å²) in [5, 5.41) is 5.95. The Balaban J connectivity index is 1.64. The number of methoxy groups -OCH3 is 2. The van der Waals surface area contributed by atoms with Gasteiger partial charge in [0.1, 0.15) is 19.0 Å². The topological polar surface area (TPSA) is 242 Å². The monoisotopic (exact) mass is 1080 g/mol. The highest BCUT2D eigenvalue weighted by atomic mass is 16.6. The number of esters is 1. The molecule has 0 aromatic heterocycles. The lowest BCUT2D eigenvalue weighted by Gasteiger charge is -2.41. The van der Waals surface area contributed by atoms with Gasteiger partial charge in [-0.15, -0.1) is 0 Å². The highest BCUT2D eigenvalue weighted by molar-refractivity contribution is 6.12. The summed E-state index contributed by atoms with van der Waals surface area (Å²) in [5.41, 5.74) is 4.67. The van der Waals surface area contributed by atoms with Crippen LogP contribution >= 0.6 is 0 Å². The molecule has 1 fully saturated rings. The summed E-state index contributed by atoms with van der Waals surface area (Å²) in [6.45, 7) is 21.5. The smallest absolute Gasteiger partial charge is 0.332 e. The molecule has 9 atom stereocenters. The molecule has 3 rings (SSSR count). The van der Waals surface area contributed by atoms with Crippen molar-refractivity contribution in [1.29, 1.82) is 0 Å². The molecule has 0 bridgehead atoms. The van der Waals surface area contributed by atoms with E-state index in [0.29, 0.717) is 58.0 Å². The average Bonchev–Trinajstić information content (AvgIpc) is 3.98. The van der Waals surface area contributed by atoms with Gasteiger partial charge in [-0.1, -0.05) is 91.6 Å². The van der Waals surface area contributed by atoms with Gasteiger partial charge in [0.2, 0.25) is 41.0 Å². The lowest BCUT2D eigenvalue weighted by Crippen LogP contribution is -2.60. The van der Waals surface area contributed by atoms with Crippen molar-refractivity contribution < 1.29 is 57.4 Å². The van der Waals surface area contributed by atoms with Gasteiger partial charge in [-0.05, 0) is 69.0 Å². The zero-order valence-corrected chi connectivity index (χ0v) is 48.2. The van der Waals surface area contributed by atoms with Gasteiger partial charge in [0.05, 0.1) is 42.7 Å². The fourth-order valence-corrected chi connectivity index (χ4v) is 10.3. The third kappa shape index (κ3) is 20.1. The van der Waals surface area contributed by atoms with Gasteiger partial charge < -0.3 is 34.6 Å². The van der Waals surface area contributed by atoms with E-state index in [4.69, 9.17) is 14.2 Å². The Labute approximate surface area is 457 Å². The third-order valence-corrected chi connectivity index (χ3v) is 14.6. The molecule has 77 heavy (non-hydrogen) atoms. The van der Waals surface area contributed by atoms with Crippen LogP contribution in [0, 0.1) is 30.6 Å².